The standard InChI is InChI=1S/C19H18N2O2/c1-12(13-7-8-13)20-19(22)15-9-10-17-16(11-15)18(23-21-17)14-5-3-2-4-6-14/h2-6,9-13H,7-8H2,1H3,(H,20,22). The predicted octanol–water partition coefficient (Wildman–Crippen LogP) is 4.02. The molecule has 0 saturated heterocycles. The third-order valence-corrected chi connectivity index (χ3v) is 4.46. The Balaban J connectivity index is 1.68. The number of nitrogens with zero attached hydrogens (tertiary/aromatic N) is 1. The molecule has 23 heavy (non-hydrogen) atoms. The van der Waals surface area contributed by atoms with Gasteiger partial charge in [0.15, 0.2) is 5.76 Å². The number of aromatic nitrogens is 1. The van der Waals surface area contributed by atoms with Crippen molar-refractivity contribution in [3.8, 4) is 11.3 Å². The summed E-state index contributed by atoms with van der Waals surface area (Å²) in [6.45, 7) is 2.07. The van der Waals surface area contributed by atoms with E-state index in [0.717, 1.165) is 16.5 Å². The largest absolute Gasteiger partial charge is 0.355 e. The van der Waals surface area contributed by atoms with Crippen LogP contribution < -0.4 is 5.32 Å². The lowest BCUT2D eigenvalue weighted by atomic mass is 10.1. The van der Waals surface area contributed by atoms with E-state index in [1.807, 2.05) is 42.5 Å². The molecule has 1 aliphatic rings. The first-order valence-corrected chi connectivity index (χ1v) is 7.98. The summed E-state index contributed by atoms with van der Waals surface area (Å²) < 4.78 is 5.48. The van der Waals surface area contributed by atoms with Crippen LogP contribution in [0.25, 0.3) is 22.2 Å². The van der Waals surface area contributed by atoms with Crippen LogP contribution in [-0.4, -0.2) is 17.1 Å². The summed E-state index contributed by atoms with van der Waals surface area (Å²) in [7, 11) is 0. The van der Waals surface area contributed by atoms with E-state index in [1.165, 1.54) is 12.8 Å². The highest BCUT2D eigenvalue weighted by atomic mass is 16.5. The highest BCUT2D eigenvalue weighted by molar-refractivity contribution is 6.01. The maximum atomic E-state index is 12.4. The molecule has 1 amide bonds. The molecule has 0 spiro atoms. The number of hydrogen-bond donors (Lipinski definition) is 1. The van der Waals surface area contributed by atoms with Gasteiger partial charge in [0.25, 0.3) is 5.91 Å². The third kappa shape index (κ3) is 2.72. The molecule has 1 aromatic heterocycles. The second kappa shape index (κ2) is 5.54. The number of hydrogen-bond acceptors (Lipinski definition) is 3. The average Bonchev–Trinajstić information content (AvgIpc) is 3.35. The monoisotopic (exact) mass is 306 g/mol. The molecule has 1 fully saturated rings. The number of carbonyl (C=O) groups excluding carboxylic acids is 1. The summed E-state index contributed by atoms with van der Waals surface area (Å²) in [4.78, 5) is 12.4. The van der Waals surface area contributed by atoms with Gasteiger partial charge in [-0.05, 0) is 43.9 Å². The quantitative estimate of drug-likeness (QED) is 0.792. The van der Waals surface area contributed by atoms with E-state index in [2.05, 4.69) is 17.4 Å². The lowest BCUT2D eigenvalue weighted by molar-refractivity contribution is 0.0936. The Hall–Kier alpha value is -2.62. The van der Waals surface area contributed by atoms with E-state index in [1.54, 1.807) is 6.07 Å². The Morgan fingerprint density at radius 2 is 2.00 bits per heavy atom. The van der Waals surface area contributed by atoms with Crippen molar-refractivity contribution in [3.05, 3.63) is 54.1 Å². The van der Waals surface area contributed by atoms with Crippen molar-refractivity contribution in [1.29, 1.82) is 0 Å². The zero-order valence-corrected chi connectivity index (χ0v) is 13.0. The van der Waals surface area contributed by atoms with Gasteiger partial charge in [0.1, 0.15) is 5.52 Å². The van der Waals surface area contributed by atoms with Crippen molar-refractivity contribution >= 4 is 16.8 Å². The van der Waals surface area contributed by atoms with Crippen molar-refractivity contribution in [1.82, 2.24) is 10.5 Å². The first-order chi connectivity index (χ1) is 11.2. The second-order valence-corrected chi connectivity index (χ2v) is 6.21. The van der Waals surface area contributed by atoms with Gasteiger partial charge < -0.3 is 9.84 Å². The predicted molar refractivity (Wildman–Crippen MR) is 89.1 cm³/mol. The van der Waals surface area contributed by atoms with E-state index in [9.17, 15) is 4.79 Å². The molecule has 1 unspecified atom stereocenters. The average molecular weight is 306 g/mol. The molecule has 1 aliphatic carbocycles. The molecule has 3 aromatic rings. The summed E-state index contributed by atoms with van der Waals surface area (Å²) in [6.07, 6.45) is 2.43. The SMILES string of the molecule is CC(NC(=O)c1ccc2noc(-c3ccccc3)c2c1)C1CC1. The highest BCUT2D eigenvalue weighted by Gasteiger charge is 2.29. The van der Waals surface area contributed by atoms with Crippen LogP contribution in [0.3, 0.4) is 0 Å². The van der Waals surface area contributed by atoms with Crippen molar-refractivity contribution in [2.45, 2.75) is 25.8 Å². The van der Waals surface area contributed by atoms with Crippen molar-refractivity contribution in [2.24, 2.45) is 5.92 Å². The van der Waals surface area contributed by atoms with Crippen LogP contribution in [0.2, 0.25) is 0 Å². The summed E-state index contributed by atoms with van der Waals surface area (Å²) in [6, 6.07) is 15.5. The van der Waals surface area contributed by atoms with Crippen LogP contribution >= 0.6 is 0 Å². The van der Waals surface area contributed by atoms with Crippen LogP contribution in [0.4, 0.5) is 0 Å². The molecule has 4 nitrogen and oxygen atoms in total. The minimum atomic E-state index is -0.0356. The van der Waals surface area contributed by atoms with Crippen LogP contribution in [0, 0.1) is 5.92 Å². The van der Waals surface area contributed by atoms with Crippen molar-refractivity contribution < 1.29 is 9.32 Å². The summed E-state index contributed by atoms with van der Waals surface area (Å²) in [5.74, 6) is 1.30. The molecule has 1 atom stereocenters. The van der Waals surface area contributed by atoms with Crippen LogP contribution in [0.1, 0.15) is 30.1 Å². The number of benzene rings is 2. The van der Waals surface area contributed by atoms with Gasteiger partial charge in [-0.1, -0.05) is 35.5 Å². The smallest absolute Gasteiger partial charge is 0.251 e. The van der Waals surface area contributed by atoms with Crippen LogP contribution in [-0.2, 0) is 0 Å². The summed E-state index contributed by atoms with van der Waals surface area (Å²) in [5, 5.41) is 8.04. The van der Waals surface area contributed by atoms with Crippen molar-refractivity contribution in [2.75, 3.05) is 0 Å². The molecule has 1 heterocycles. The van der Waals surface area contributed by atoms with Gasteiger partial charge in [0.2, 0.25) is 0 Å². The number of carbonyl (C=O) groups is 1. The van der Waals surface area contributed by atoms with Crippen LogP contribution in [0.5, 0.6) is 0 Å². The van der Waals surface area contributed by atoms with E-state index >= 15 is 0 Å². The number of nitrogens with one attached hydrogen (secondary N) is 1. The lowest BCUT2D eigenvalue weighted by Gasteiger charge is -2.12. The van der Waals surface area contributed by atoms with E-state index in [4.69, 9.17) is 4.52 Å². The molecular formula is C19H18N2O2. The summed E-state index contributed by atoms with van der Waals surface area (Å²) in [5.41, 5.74) is 2.36. The lowest BCUT2D eigenvalue weighted by Crippen LogP contribution is -2.33. The Morgan fingerprint density at radius 1 is 1.22 bits per heavy atom. The van der Waals surface area contributed by atoms with E-state index in [0.29, 0.717) is 17.2 Å². The maximum absolute atomic E-state index is 12.4. The Labute approximate surface area is 134 Å². The Morgan fingerprint density at radius 3 is 2.74 bits per heavy atom. The van der Waals surface area contributed by atoms with Gasteiger partial charge >= 0.3 is 0 Å². The Kier molecular flexibility index (Phi) is 3.37. The molecule has 1 N–H and O–H groups in total. The molecule has 4 rings (SSSR count). The first-order valence-electron chi connectivity index (χ1n) is 7.98. The van der Waals surface area contributed by atoms with Crippen LogP contribution in [0.15, 0.2) is 53.1 Å². The molecular weight excluding hydrogens is 288 g/mol. The van der Waals surface area contributed by atoms with Gasteiger partial charge in [-0.25, -0.2) is 0 Å². The van der Waals surface area contributed by atoms with Gasteiger partial charge in [-0.2, -0.15) is 0 Å². The topological polar surface area (TPSA) is 55.1 Å². The first kappa shape index (κ1) is 14.0. The zero-order valence-electron chi connectivity index (χ0n) is 13.0. The molecule has 0 bridgehead atoms. The molecule has 2 aromatic carbocycles. The fourth-order valence-electron chi connectivity index (χ4n) is 2.88. The van der Waals surface area contributed by atoms with Crippen molar-refractivity contribution in [3.63, 3.8) is 0 Å². The minimum absolute atomic E-state index is 0.0356. The van der Waals surface area contributed by atoms with Gasteiger partial charge in [0, 0.05) is 17.2 Å². The van der Waals surface area contributed by atoms with E-state index < -0.39 is 0 Å². The molecule has 1 saturated carbocycles. The minimum Gasteiger partial charge on any atom is -0.355 e. The van der Waals surface area contributed by atoms with Gasteiger partial charge in [0.05, 0.1) is 5.39 Å². The molecule has 0 radical (unpaired) electrons. The van der Waals surface area contributed by atoms with Gasteiger partial charge in [-0.3, -0.25) is 4.79 Å². The third-order valence-electron chi connectivity index (χ3n) is 4.46. The summed E-state index contributed by atoms with van der Waals surface area (Å²) >= 11 is 0. The fourth-order valence-corrected chi connectivity index (χ4v) is 2.88. The number of fused-ring (bicyclic) bond motifs is 1. The van der Waals surface area contributed by atoms with Gasteiger partial charge in [-0.15, -0.1) is 0 Å². The molecule has 0 aliphatic heterocycles. The zero-order chi connectivity index (χ0) is 15.8. The Bertz CT molecular complexity index is 850. The number of amides is 1. The maximum Gasteiger partial charge on any atom is 0.251 e. The second-order valence-electron chi connectivity index (χ2n) is 6.21. The fraction of sp³-hybridized carbons (Fsp3) is 0.263. The molecule has 4 heteroatoms. The van der Waals surface area contributed by atoms with E-state index in [-0.39, 0.29) is 11.9 Å². The molecule has 116 valence electrons. The highest BCUT2D eigenvalue weighted by Crippen LogP contribution is 2.33. The number of rotatable bonds is 4. The normalized spacial score (nSPS) is 15.5.